The average Bonchev–Trinajstić information content (AvgIpc) is 2.72. The van der Waals surface area contributed by atoms with Crippen LogP contribution in [-0.2, 0) is 0 Å². The predicted molar refractivity (Wildman–Crippen MR) is 91.9 cm³/mol. The number of amides is 1. The van der Waals surface area contributed by atoms with E-state index >= 15 is 0 Å². The smallest absolute Gasteiger partial charge is 0.262 e. The average molecular weight is 365 g/mol. The van der Waals surface area contributed by atoms with Crippen LogP contribution in [0.5, 0.6) is 0 Å². The highest BCUT2D eigenvalue weighted by atomic mass is 35.6. The number of aryl methyl sites for hydroxylation is 1. The maximum Gasteiger partial charge on any atom is 0.262 e. The number of carbonyl (C=O) groups is 1. The molecule has 1 aliphatic heterocycles. The number of halogens is 3. The predicted octanol–water partition coefficient (Wildman–Crippen LogP) is 2.88. The SMILES string of the molecule is Cc1ccccc1C(=O)N[C@H]([NH+]1CCCCCC1)C(Cl)(Cl)Cl. The number of nitrogens with one attached hydrogen (secondary N) is 2. The zero-order valence-corrected chi connectivity index (χ0v) is 14.9. The molecule has 122 valence electrons. The van der Waals surface area contributed by atoms with Gasteiger partial charge in [-0.05, 0) is 44.2 Å². The Morgan fingerprint density at radius 2 is 1.73 bits per heavy atom. The molecule has 0 aliphatic carbocycles. The Labute approximate surface area is 146 Å². The van der Waals surface area contributed by atoms with E-state index < -0.39 is 9.96 Å². The second kappa shape index (κ2) is 7.87. The molecule has 1 aromatic rings. The van der Waals surface area contributed by atoms with E-state index in [0.29, 0.717) is 5.56 Å². The first-order valence-electron chi connectivity index (χ1n) is 7.67. The second-order valence-electron chi connectivity index (χ2n) is 5.84. The van der Waals surface area contributed by atoms with Gasteiger partial charge in [-0.2, -0.15) is 0 Å². The van der Waals surface area contributed by atoms with Crippen molar-refractivity contribution in [2.24, 2.45) is 0 Å². The molecule has 0 spiro atoms. The molecule has 0 unspecified atom stereocenters. The maximum absolute atomic E-state index is 12.6. The first-order valence-corrected chi connectivity index (χ1v) is 8.81. The van der Waals surface area contributed by atoms with Crippen molar-refractivity contribution in [3.05, 3.63) is 35.4 Å². The molecule has 0 aromatic heterocycles. The van der Waals surface area contributed by atoms with Gasteiger partial charge in [0, 0.05) is 5.56 Å². The minimum absolute atomic E-state index is 0.189. The van der Waals surface area contributed by atoms with Crippen LogP contribution in [0.1, 0.15) is 41.6 Å². The third-order valence-electron chi connectivity index (χ3n) is 4.15. The molecule has 0 saturated carbocycles. The van der Waals surface area contributed by atoms with E-state index in [1.165, 1.54) is 12.8 Å². The molecule has 0 radical (unpaired) electrons. The van der Waals surface area contributed by atoms with Gasteiger partial charge in [-0.15, -0.1) is 0 Å². The molecule has 0 bridgehead atoms. The van der Waals surface area contributed by atoms with Crippen molar-refractivity contribution < 1.29 is 9.69 Å². The van der Waals surface area contributed by atoms with Crippen molar-refractivity contribution in [2.75, 3.05) is 13.1 Å². The lowest BCUT2D eigenvalue weighted by molar-refractivity contribution is -0.926. The lowest BCUT2D eigenvalue weighted by atomic mass is 10.1. The number of quaternary nitrogens is 1. The van der Waals surface area contributed by atoms with Crippen LogP contribution < -0.4 is 10.2 Å². The largest absolute Gasteiger partial charge is 0.312 e. The van der Waals surface area contributed by atoms with Gasteiger partial charge < -0.3 is 4.90 Å². The molecular formula is C16H22Cl3N2O+. The van der Waals surface area contributed by atoms with Crippen molar-refractivity contribution in [1.29, 1.82) is 0 Å². The van der Waals surface area contributed by atoms with E-state index in [1.54, 1.807) is 6.07 Å². The van der Waals surface area contributed by atoms with E-state index in [1.807, 2.05) is 25.1 Å². The minimum atomic E-state index is -1.53. The molecule has 6 heteroatoms. The van der Waals surface area contributed by atoms with Crippen molar-refractivity contribution in [1.82, 2.24) is 5.32 Å². The Kier molecular flexibility index (Phi) is 6.39. The fourth-order valence-corrected chi connectivity index (χ4v) is 3.55. The van der Waals surface area contributed by atoms with E-state index in [-0.39, 0.29) is 5.91 Å². The molecule has 1 amide bonds. The first kappa shape index (κ1) is 17.9. The van der Waals surface area contributed by atoms with Gasteiger partial charge in [-0.3, -0.25) is 10.1 Å². The zero-order chi connectivity index (χ0) is 16.2. The molecule has 1 aliphatic rings. The number of rotatable bonds is 3. The molecular weight excluding hydrogens is 343 g/mol. The topological polar surface area (TPSA) is 33.5 Å². The summed E-state index contributed by atoms with van der Waals surface area (Å²) in [6.45, 7) is 3.72. The van der Waals surface area contributed by atoms with Gasteiger partial charge in [0.15, 0.2) is 0 Å². The molecule has 1 fully saturated rings. The molecule has 1 saturated heterocycles. The highest BCUT2D eigenvalue weighted by molar-refractivity contribution is 6.68. The lowest BCUT2D eigenvalue weighted by Crippen LogP contribution is -3.19. The van der Waals surface area contributed by atoms with Crippen LogP contribution in [0.15, 0.2) is 24.3 Å². The van der Waals surface area contributed by atoms with Gasteiger partial charge in [0.1, 0.15) is 0 Å². The molecule has 1 heterocycles. The van der Waals surface area contributed by atoms with E-state index in [4.69, 9.17) is 34.8 Å². The standard InChI is InChI=1S/C16H21Cl3N2O/c1-12-8-4-5-9-13(12)14(22)20-15(16(17,18)19)21-10-6-2-3-7-11-21/h4-5,8-9,15H,2-3,6-7,10-11H2,1H3,(H,20,22)/p+1/t15-/m1/s1. The quantitative estimate of drug-likeness (QED) is 0.795. The van der Waals surface area contributed by atoms with Crippen LogP contribution in [0.3, 0.4) is 0 Å². The number of hydrogen-bond acceptors (Lipinski definition) is 1. The van der Waals surface area contributed by atoms with Gasteiger partial charge in [-0.1, -0.05) is 53.0 Å². The molecule has 22 heavy (non-hydrogen) atoms. The van der Waals surface area contributed by atoms with Crippen molar-refractivity contribution in [2.45, 2.75) is 42.6 Å². The summed E-state index contributed by atoms with van der Waals surface area (Å²) in [4.78, 5) is 13.7. The van der Waals surface area contributed by atoms with E-state index in [0.717, 1.165) is 36.4 Å². The van der Waals surface area contributed by atoms with Crippen LogP contribution in [0.25, 0.3) is 0 Å². The van der Waals surface area contributed by atoms with E-state index in [2.05, 4.69) is 5.32 Å². The van der Waals surface area contributed by atoms with Crippen molar-refractivity contribution in [3.8, 4) is 0 Å². The third kappa shape index (κ3) is 4.76. The summed E-state index contributed by atoms with van der Waals surface area (Å²) in [6.07, 6.45) is 4.03. The Morgan fingerprint density at radius 3 is 2.27 bits per heavy atom. The summed E-state index contributed by atoms with van der Waals surface area (Å²) in [6, 6.07) is 7.43. The van der Waals surface area contributed by atoms with Crippen LogP contribution in [0, 0.1) is 6.92 Å². The lowest BCUT2D eigenvalue weighted by Gasteiger charge is -2.32. The summed E-state index contributed by atoms with van der Waals surface area (Å²) in [7, 11) is 0. The summed E-state index contributed by atoms with van der Waals surface area (Å²) < 4.78 is -1.53. The summed E-state index contributed by atoms with van der Waals surface area (Å²) in [5, 5.41) is 2.94. The van der Waals surface area contributed by atoms with Gasteiger partial charge in [0.25, 0.3) is 9.70 Å². The number of alkyl halides is 3. The van der Waals surface area contributed by atoms with Crippen LogP contribution in [0.4, 0.5) is 0 Å². The Bertz CT molecular complexity index is 508. The Morgan fingerprint density at radius 1 is 1.14 bits per heavy atom. The van der Waals surface area contributed by atoms with Crippen LogP contribution >= 0.6 is 34.8 Å². The highest BCUT2D eigenvalue weighted by Gasteiger charge is 2.42. The normalized spacial score (nSPS) is 18.5. The molecule has 1 atom stereocenters. The van der Waals surface area contributed by atoms with Gasteiger partial charge in [0.2, 0.25) is 6.17 Å². The minimum Gasteiger partial charge on any atom is -0.312 e. The maximum atomic E-state index is 12.6. The number of benzene rings is 1. The fourth-order valence-electron chi connectivity index (χ4n) is 2.92. The highest BCUT2D eigenvalue weighted by Crippen LogP contribution is 2.28. The van der Waals surface area contributed by atoms with E-state index in [9.17, 15) is 4.79 Å². The monoisotopic (exact) mass is 363 g/mol. The van der Waals surface area contributed by atoms with Crippen molar-refractivity contribution in [3.63, 3.8) is 0 Å². The Hall–Kier alpha value is -0.480. The molecule has 1 aromatic carbocycles. The summed E-state index contributed by atoms with van der Waals surface area (Å²) in [5.74, 6) is -0.189. The first-order chi connectivity index (χ1) is 10.4. The fraction of sp³-hybridized carbons (Fsp3) is 0.562. The Balaban J connectivity index is 2.16. The van der Waals surface area contributed by atoms with Crippen LogP contribution in [-0.4, -0.2) is 29.0 Å². The van der Waals surface area contributed by atoms with Gasteiger partial charge >= 0.3 is 0 Å². The third-order valence-corrected chi connectivity index (χ3v) is 4.80. The van der Waals surface area contributed by atoms with Crippen molar-refractivity contribution >= 4 is 40.7 Å². The molecule has 3 nitrogen and oxygen atoms in total. The number of hydrogen-bond donors (Lipinski definition) is 2. The molecule has 2 N–H and O–H groups in total. The second-order valence-corrected chi connectivity index (χ2v) is 8.20. The number of likely N-dealkylation sites (tertiary alicyclic amines) is 1. The zero-order valence-electron chi connectivity index (χ0n) is 12.7. The van der Waals surface area contributed by atoms with Gasteiger partial charge in [0.05, 0.1) is 13.1 Å². The summed E-state index contributed by atoms with van der Waals surface area (Å²) in [5.41, 5.74) is 1.53. The van der Waals surface area contributed by atoms with Crippen LogP contribution in [0.2, 0.25) is 0 Å². The summed E-state index contributed by atoms with van der Waals surface area (Å²) >= 11 is 18.5. The van der Waals surface area contributed by atoms with Gasteiger partial charge in [-0.25, -0.2) is 0 Å². The molecule has 2 rings (SSSR count). The number of carbonyl (C=O) groups excluding carboxylic acids is 1.